The summed E-state index contributed by atoms with van der Waals surface area (Å²) in [6.07, 6.45) is 0. The maximum absolute atomic E-state index is 12.1. The number of benzene rings is 1. The molecule has 1 atom stereocenters. The van der Waals surface area contributed by atoms with Gasteiger partial charge in [0.1, 0.15) is 0 Å². The zero-order valence-corrected chi connectivity index (χ0v) is 12.2. The first-order valence-electron chi connectivity index (χ1n) is 6.63. The summed E-state index contributed by atoms with van der Waals surface area (Å²) >= 11 is 0. The van der Waals surface area contributed by atoms with Crippen LogP contribution in [-0.2, 0) is 9.53 Å². The van der Waals surface area contributed by atoms with Crippen molar-refractivity contribution in [2.45, 2.75) is 39.2 Å². The Morgan fingerprint density at radius 3 is 2.74 bits per heavy atom. The van der Waals surface area contributed by atoms with Gasteiger partial charge in [-0.2, -0.15) is 0 Å². The van der Waals surface area contributed by atoms with Gasteiger partial charge in [0.2, 0.25) is 5.91 Å². The van der Waals surface area contributed by atoms with Crippen LogP contribution in [0.3, 0.4) is 0 Å². The van der Waals surface area contributed by atoms with Crippen LogP contribution in [0.1, 0.15) is 39.2 Å². The molecule has 1 aromatic carbocycles. The van der Waals surface area contributed by atoms with E-state index in [4.69, 9.17) is 10.5 Å². The lowest BCUT2D eigenvalue weighted by Gasteiger charge is -2.25. The largest absolute Gasteiger partial charge is 0.399 e. The monoisotopic (exact) mass is 264 g/mol. The number of ether oxygens (including phenoxy) is 1. The summed E-state index contributed by atoms with van der Waals surface area (Å²) in [5.41, 5.74) is 6.98. The highest BCUT2D eigenvalue weighted by Gasteiger charge is 2.21. The normalized spacial score (nSPS) is 13.1. The highest BCUT2D eigenvalue weighted by Crippen LogP contribution is 2.18. The lowest BCUT2D eigenvalue weighted by Crippen LogP contribution is -2.41. The third-order valence-corrected chi connectivity index (χ3v) is 3.03. The Labute approximate surface area is 115 Å². The van der Waals surface area contributed by atoms with Crippen LogP contribution in [0.15, 0.2) is 24.3 Å². The minimum Gasteiger partial charge on any atom is -0.399 e. The zero-order valence-electron chi connectivity index (χ0n) is 12.2. The van der Waals surface area contributed by atoms with Crippen molar-refractivity contribution in [1.82, 2.24) is 5.32 Å². The molecule has 0 heterocycles. The topological polar surface area (TPSA) is 64.3 Å². The Morgan fingerprint density at radius 2 is 2.16 bits per heavy atom. The van der Waals surface area contributed by atoms with Gasteiger partial charge in [0.25, 0.3) is 0 Å². The third kappa shape index (κ3) is 4.91. The Kier molecular flexibility index (Phi) is 5.36. The second-order valence-electron chi connectivity index (χ2n) is 5.30. The number of nitrogens with two attached hydrogens (primary N) is 1. The fraction of sp³-hybridized carbons (Fsp3) is 0.533. The summed E-state index contributed by atoms with van der Waals surface area (Å²) in [6, 6.07) is 7.41. The van der Waals surface area contributed by atoms with Gasteiger partial charge in [0.05, 0.1) is 11.5 Å². The Balaban J connectivity index is 2.59. The van der Waals surface area contributed by atoms with E-state index in [0.717, 1.165) is 5.56 Å². The molecule has 0 saturated heterocycles. The van der Waals surface area contributed by atoms with Crippen molar-refractivity contribution in [2.24, 2.45) is 0 Å². The van der Waals surface area contributed by atoms with E-state index in [1.807, 2.05) is 52.0 Å². The molecule has 106 valence electrons. The first kappa shape index (κ1) is 15.5. The third-order valence-electron chi connectivity index (χ3n) is 3.03. The minimum atomic E-state index is -0.347. The van der Waals surface area contributed by atoms with Gasteiger partial charge in [-0.1, -0.05) is 12.1 Å². The predicted molar refractivity (Wildman–Crippen MR) is 78.0 cm³/mol. The van der Waals surface area contributed by atoms with Gasteiger partial charge in [-0.25, -0.2) is 0 Å². The highest BCUT2D eigenvalue weighted by molar-refractivity contribution is 5.83. The molecule has 0 spiro atoms. The van der Waals surface area contributed by atoms with Gasteiger partial charge in [-0.3, -0.25) is 4.79 Å². The van der Waals surface area contributed by atoms with Crippen LogP contribution in [0.5, 0.6) is 0 Å². The summed E-state index contributed by atoms with van der Waals surface area (Å²) < 4.78 is 5.55. The van der Waals surface area contributed by atoms with Crippen molar-refractivity contribution in [3.63, 3.8) is 0 Å². The molecular formula is C15H24N2O2. The predicted octanol–water partition coefficient (Wildman–Crippen LogP) is 2.30. The van der Waals surface area contributed by atoms with E-state index < -0.39 is 0 Å². The molecule has 4 heteroatoms. The summed E-state index contributed by atoms with van der Waals surface area (Å²) in [7, 11) is 0. The molecule has 0 aromatic heterocycles. The van der Waals surface area contributed by atoms with E-state index in [2.05, 4.69) is 5.32 Å². The summed E-state index contributed by atoms with van der Waals surface area (Å²) in [4.78, 5) is 12.1. The number of rotatable bonds is 6. The van der Waals surface area contributed by atoms with Gasteiger partial charge >= 0.3 is 0 Å². The summed E-state index contributed by atoms with van der Waals surface area (Å²) in [5, 5.41) is 2.92. The van der Waals surface area contributed by atoms with Crippen molar-refractivity contribution in [3.8, 4) is 0 Å². The molecule has 1 aromatic rings. The van der Waals surface area contributed by atoms with E-state index >= 15 is 0 Å². The molecule has 1 unspecified atom stereocenters. The van der Waals surface area contributed by atoms with Crippen LogP contribution in [-0.4, -0.2) is 24.7 Å². The van der Waals surface area contributed by atoms with Gasteiger partial charge in [0, 0.05) is 18.8 Å². The quantitative estimate of drug-likeness (QED) is 0.775. The molecule has 0 saturated carbocycles. The smallest absolute Gasteiger partial charge is 0.227 e. The average molecular weight is 264 g/mol. The molecule has 19 heavy (non-hydrogen) atoms. The SMILES string of the molecule is CCOC(C)(C)CNC(=O)C(C)c1cccc(N)c1. The Hall–Kier alpha value is -1.55. The zero-order chi connectivity index (χ0) is 14.5. The molecule has 1 rings (SSSR count). The number of hydrogen-bond donors (Lipinski definition) is 2. The number of carbonyl (C=O) groups is 1. The molecule has 3 N–H and O–H groups in total. The van der Waals surface area contributed by atoms with E-state index in [-0.39, 0.29) is 17.4 Å². The molecule has 1 amide bonds. The number of nitrogens with one attached hydrogen (secondary N) is 1. The van der Waals surface area contributed by atoms with E-state index in [0.29, 0.717) is 18.8 Å². The summed E-state index contributed by atoms with van der Waals surface area (Å²) in [6.45, 7) is 8.86. The lowest BCUT2D eigenvalue weighted by atomic mass is 9.99. The van der Waals surface area contributed by atoms with E-state index in [1.165, 1.54) is 0 Å². The molecule has 0 aliphatic heterocycles. The first-order chi connectivity index (χ1) is 8.85. The summed E-state index contributed by atoms with van der Waals surface area (Å²) in [5.74, 6) is -0.237. The van der Waals surface area contributed by atoms with Crippen LogP contribution in [0.25, 0.3) is 0 Å². The molecule has 0 aliphatic rings. The van der Waals surface area contributed by atoms with Crippen LogP contribution < -0.4 is 11.1 Å². The molecule has 0 bridgehead atoms. The van der Waals surface area contributed by atoms with Crippen molar-refractivity contribution in [1.29, 1.82) is 0 Å². The standard InChI is InChI=1S/C15H24N2O2/c1-5-19-15(3,4)10-17-14(18)11(2)12-7-6-8-13(16)9-12/h6-9,11H,5,10,16H2,1-4H3,(H,17,18). The van der Waals surface area contributed by atoms with Crippen LogP contribution in [0.2, 0.25) is 0 Å². The average Bonchev–Trinajstić information content (AvgIpc) is 2.35. The molecule has 0 aliphatic carbocycles. The van der Waals surface area contributed by atoms with Gasteiger partial charge in [-0.15, -0.1) is 0 Å². The van der Waals surface area contributed by atoms with E-state index in [9.17, 15) is 4.79 Å². The molecule has 0 fully saturated rings. The number of hydrogen-bond acceptors (Lipinski definition) is 3. The molecule has 4 nitrogen and oxygen atoms in total. The van der Waals surface area contributed by atoms with Crippen molar-refractivity contribution in [2.75, 3.05) is 18.9 Å². The first-order valence-corrected chi connectivity index (χ1v) is 6.63. The Morgan fingerprint density at radius 1 is 1.47 bits per heavy atom. The maximum atomic E-state index is 12.1. The number of carbonyl (C=O) groups excluding carboxylic acids is 1. The van der Waals surface area contributed by atoms with Gasteiger partial charge in [-0.05, 0) is 45.4 Å². The van der Waals surface area contributed by atoms with Crippen LogP contribution >= 0.6 is 0 Å². The fourth-order valence-corrected chi connectivity index (χ4v) is 1.87. The number of amides is 1. The van der Waals surface area contributed by atoms with Crippen molar-refractivity contribution < 1.29 is 9.53 Å². The number of anilines is 1. The van der Waals surface area contributed by atoms with Crippen molar-refractivity contribution in [3.05, 3.63) is 29.8 Å². The van der Waals surface area contributed by atoms with Gasteiger partial charge in [0.15, 0.2) is 0 Å². The molecule has 0 radical (unpaired) electrons. The van der Waals surface area contributed by atoms with Gasteiger partial charge < -0.3 is 15.8 Å². The van der Waals surface area contributed by atoms with Crippen LogP contribution in [0, 0.1) is 0 Å². The lowest BCUT2D eigenvalue weighted by molar-refractivity contribution is -0.123. The van der Waals surface area contributed by atoms with Crippen LogP contribution in [0.4, 0.5) is 5.69 Å². The van der Waals surface area contributed by atoms with E-state index in [1.54, 1.807) is 0 Å². The fourth-order valence-electron chi connectivity index (χ4n) is 1.87. The second kappa shape index (κ2) is 6.57. The highest BCUT2D eigenvalue weighted by atomic mass is 16.5. The second-order valence-corrected chi connectivity index (χ2v) is 5.30. The van der Waals surface area contributed by atoms with Crippen molar-refractivity contribution >= 4 is 11.6 Å². The maximum Gasteiger partial charge on any atom is 0.227 e. The number of nitrogen functional groups attached to an aromatic ring is 1. The molecular weight excluding hydrogens is 240 g/mol. The minimum absolute atomic E-state index is 0.0154. The Bertz CT molecular complexity index is 430.